The second kappa shape index (κ2) is 6.75. The molecule has 1 atom stereocenters. The Morgan fingerprint density at radius 2 is 2.00 bits per heavy atom. The van der Waals surface area contributed by atoms with Gasteiger partial charge in [-0.05, 0) is 46.0 Å². The maximum atomic E-state index is 12.0. The molecule has 0 saturated carbocycles. The summed E-state index contributed by atoms with van der Waals surface area (Å²) >= 11 is 0. The third kappa shape index (κ3) is 5.92. The van der Waals surface area contributed by atoms with Crippen LogP contribution in [0.3, 0.4) is 0 Å². The summed E-state index contributed by atoms with van der Waals surface area (Å²) in [5.74, 6) is 5.23. The van der Waals surface area contributed by atoms with Gasteiger partial charge in [0.2, 0.25) is 5.91 Å². The monoisotopic (exact) mass is 271 g/mol. The molecule has 1 fully saturated rings. The molecule has 1 aliphatic rings. The number of amides is 2. The molecule has 2 amide bonds. The first-order valence-electron chi connectivity index (χ1n) is 6.79. The molecule has 1 heterocycles. The number of nitrogens with zero attached hydrogens (tertiary/aromatic N) is 1. The molecule has 0 spiro atoms. The summed E-state index contributed by atoms with van der Waals surface area (Å²) < 4.78 is 5.36. The van der Waals surface area contributed by atoms with Gasteiger partial charge in [0.25, 0.3) is 0 Å². The van der Waals surface area contributed by atoms with Crippen molar-refractivity contribution in [2.24, 2.45) is 11.8 Å². The molecule has 1 unspecified atom stereocenters. The van der Waals surface area contributed by atoms with Crippen LogP contribution in [0.15, 0.2) is 0 Å². The molecule has 110 valence electrons. The van der Waals surface area contributed by atoms with Gasteiger partial charge in [0.1, 0.15) is 5.60 Å². The van der Waals surface area contributed by atoms with Crippen molar-refractivity contribution in [1.29, 1.82) is 0 Å². The second-order valence-corrected chi connectivity index (χ2v) is 6.04. The van der Waals surface area contributed by atoms with Gasteiger partial charge >= 0.3 is 6.09 Å². The first-order valence-corrected chi connectivity index (χ1v) is 6.79. The number of rotatable bonds is 2. The molecular weight excluding hydrogens is 246 g/mol. The zero-order valence-corrected chi connectivity index (χ0v) is 12.1. The van der Waals surface area contributed by atoms with Crippen LogP contribution in [-0.2, 0) is 9.53 Å². The van der Waals surface area contributed by atoms with E-state index in [1.807, 2.05) is 20.8 Å². The summed E-state index contributed by atoms with van der Waals surface area (Å²) in [6.07, 6.45) is 2.80. The van der Waals surface area contributed by atoms with E-state index in [1.165, 1.54) is 0 Å². The fourth-order valence-electron chi connectivity index (χ4n) is 2.20. The van der Waals surface area contributed by atoms with E-state index < -0.39 is 5.60 Å². The number of hydrogen-bond acceptors (Lipinski definition) is 4. The zero-order valence-electron chi connectivity index (χ0n) is 12.1. The van der Waals surface area contributed by atoms with Crippen LogP contribution in [-0.4, -0.2) is 35.6 Å². The quantitative estimate of drug-likeness (QED) is 0.452. The minimum atomic E-state index is -0.470. The lowest BCUT2D eigenvalue weighted by Gasteiger charge is -2.26. The van der Waals surface area contributed by atoms with E-state index in [0.29, 0.717) is 19.5 Å². The van der Waals surface area contributed by atoms with Crippen molar-refractivity contribution in [2.75, 3.05) is 13.1 Å². The highest BCUT2D eigenvalue weighted by Gasteiger charge is 2.25. The smallest absolute Gasteiger partial charge is 0.410 e. The maximum Gasteiger partial charge on any atom is 0.410 e. The van der Waals surface area contributed by atoms with E-state index in [4.69, 9.17) is 10.6 Å². The molecule has 6 nitrogen and oxygen atoms in total. The molecule has 3 N–H and O–H groups in total. The number of hydrogen-bond donors (Lipinski definition) is 2. The van der Waals surface area contributed by atoms with Crippen molar-refractivity contribution in [3.63, 3.8) is 0 Å². The van der Waals surface area contributed by atoms with Crippen LogP contribution < -0.4 is 11.3 Å². The number of likely N-dealkylation sites (tertiary alicyclic amines) is 1. The Morgan fingerprint density at radius 3 is 2.58 bits per heavy atom. The van der Waals surface area contributed by atoms with Crippen molar-refractivity contribution in [2.45, 2.75) is 52.1 Å². The number of ether oxygens (including phenoxy) is 1. The second-order valence-electron chi connectivity index (χ2n) is 6.04. The first-order chi connectivity index (χ1) is 8.81. The molecule has 19 heavy (non-hydrogen) atoms. The van der Waals surface area contributed by atoms with Gasteiger partial charge in [0, 0.05) is 19.5 Å². The van der Waals surface area contributed by atoms with Crippen LogP contribution in [0.4, 0.5) is 4.79 Å². The van der Waals surface area contributed by atoms with Crippen LogP contribution in [0.5, 0.6) is 0 Å². The average Bonchev–Trinajstić information content (AvgIpc) is 2.52. The minimum Gasteiger partial charge on any atom is -0.444 e. The number of nitrogens with one attached hydrogen (secondary N) is 1. The van der Waals surface area contributed by atoms with E-state index in [-0.39, 0.29) is 17.9 Å². The van der Waals surface area contributed by atoms with Gasteiger partial charge in [-0.15, -0.1) is 0 Å². The van der Waals surface area contributed by atoms with Crippen molar-refractivity contribution < 1.29 is 14.3 Å². The van der Waals surface area contributed by atoms with E-state index in [9.17, 15) is 9.59 Å². The first kappa shape index (κ1) is 15.8. The highest BCUT2D eigenvalue weighted by Crippen LogP contribution is 2.22. The van der Waals surface area contributed by atoms with Gasteiger partial charge in [0.15, 0.2) is 0 Å². The largest absolute Gasteiger partial charge is 0.444 e. The number of hydrazine groups is 1. The third-order valence-corrected chi connectivity index (χ3v) is 3.13. The Kier molecular flexibility index (Phi) is 5.60. The lowest BCUT2D eigenvalue weighted by atomic mass is 9.97. The van der Waals surface area contributed by atoms with Gasteiger partial charge in [-0.2, -0.15) is 0 Å². The van der Waals surface area contributed by atoms with Crippen LogP contribution >= 0.6 is 0 Å². The molecule has 6 heteroatoms. The number of carbonyl (C=O) groups is 2. The molecule has 0 aromatic carbocycles. The van der Waals surface area contributed by atoms with Crippen molar-refractivity contribution >= 4 is 12.0 Å². The van der Waals surface area contributed by atoms with Crippen molar-refractivity contribution in [1.82, 2.24) is 10.3 Å². The number of nitrogens with two attached hydrogens (primary N) is 1. The lowest BCUT2D eigenvalue weighted by Crippen LogP contribution is -2.37. The minimum absolute atomic E-state index is 0.143. The van der Waals surface area contributed by atoms with Gasteiger partial charge in [0.05, 0.1) is 0 Å². The fourth-order valence-corrected chi connectivity index (χ4v) is 2.20. The van der Waals surface area contributed by atoms with Crippen molar-refractivity contribution in [3.05, 3.63) is 0 Å². The van der Waals surface area contributed by atoms with E-state index in [0.717, 1.165) is 19.3 Å². The molecule has 0 bridgehead atoms. The SMILES string of the molecule is CC(C)(C)OC(=O)N1CCCC(CC(=O)NN)CC1. The summed E-state index contributed by atoms with van der Waals surface area (Å²) in [6.45, 7) is 6.90. The van der Waals surface area contributed by atoms with Crippen molar-refractivity contribution in [3.8, 4) is 0 Å². The Bertz CT molecular complexity index is 326. The van der Waals surface area contributed by atoms with Gasteiger partial charge in [-0.25, -0.2) is 10.6 Å². The van der Waals surface area contributed by atoms with E-state index >= 15 is 0 Å². The average molecular weight is 271 g/mol. The summed E-state index contributed by atoms with van der Waals surface area (Å²) in [4.78, 5) is 24.9. The maximum absolute atomic E-state index is 12.0. The topological polar surface area (TPSA) is 84.7 Å². The molecule has 1 aliphatic heterocycles. The van der Waals surface area contributed by atoms with Gasteiger partial charge in [-0.1, -0.05) is 0 Å². The summed E-state index contributed by atoms with van der Waals surface area (Å²) in [7, 11) is 0. The number of carbonyl (C=O) groups excluding carboxylic acids is 2. The Hall–Kier alpha value is -1.30. The fraction of sp³-hybridized carbons (Fsp3) is 0.846. The molecule has 1 rings (SSSR count). The summed E-state index contributed by atoms with van der Waals surface area (Å²) in [5, 5.41) is 0. The molecule has 0 aliphatic carbocycles. The molecular formula is C13H25N3O3. The molecule has 0 aromatic rings. The molecule has 0 radical (unpaired) electrons. The highest BCUT2D eigenvalue weighted by atomic mass is 16.6. The predicted molar refractivity (Wildman–Crippen MR) is 72.1 cm³/mol. The summed E-state index contributed by atoms with van der Waals surface area (Å²) in [6, 6.07) is 0. The molecule has 1 saturated heterocycles. The Balaban J connectivity index is 2.45. The van der Waals surface area contributed by atoms with Crippen LogP contribution in [0.25, 0.3) is 0 Å². The van der Waals surface area contributed by atoms with Crippen LogP contribution in [0.2, 0.25) is 0 Å². The zero-order chi connectivity index (χ0) is 14.5. The van der Waals surface area contributed by atoms with Crippen LogP contribution in [0, 0.1) is 5.92 Å². The Labute approximate surface area is 114 Å². The predicted octanol–water partition coefficient (Wildman–Crippen LogP) is 1.40. The Morgan fingerprint density at radius 1 is 1.32 bits per heavy atom. The standard InChI is InChI=1S/C13H25N3O3/c1-13(2,3)19-12(18)16-7-4-5-10(6-8-16)9-11(17)15-14/h10H,4-9,14H2,1-3H3,(H,15,17). The normalized spacial score (nSPS) is 20.6. The van der Waals surface area contributed by atoms with E-state index in [1.54, 1.807) is 4.90 Å². The van der Waals surface area contributed by atoms with Gasteiger partial charge in [-0.3, -0.25) is 10.2 Å². The van der Waals surface area contributed by atoms with E-state index in [2.05, 4.69) is 5.43 Å². The van der Waals surface area contributed by atoms with Gasteiger partial charge < -0.3 is 9.64 Å². The molecule has 0 aromatic heterocycles. The third-order valence-electron chi connectivity index (χ3n) is 3.13. The van der Waals surface area contributed by atoms with Crippen LogP contribution in [0.1, 0.15) is 46.5 Å². The summed E-state index contributed by atoms with van der Waals surface area (Å²) in [5.41, 5.74) is 1.68. The lowest BCUT2D eigenvalue weighted by molar-refractivity contribution is -0.122. The highest BCUT2D eigenvalue weighted by molar-refractivity contribution is 5.75.